The van der Waals surface area contributed by atoms with Crippen LogP contribution >= 0.6 is 23.4 Å². The van der Waals surface area contributed by atoms with Crippen molar-refractivity contribution in [1.82, 2.24) is 0 Å². The summed E-state index contributed by atoms with van der Waals surface area (Å²) >= 11 is 7.33. The Balaban J connectivity index is 2.38. The number of halogens is 2. The van der Waals surface area contributed by atoms with Crippen molar-refractivity contribution < 1.29 is 9.50 Å². The van der Waals surface area contributed by atoms with Gasteiger partial charge in [0.15, 0.2) is 0 Å². The number of hydrogen-bond donors (Lipinski definition) is 1. The molecule has 1 nitrogen and oxygen atoms in total. The zero-order valence-electron chi connectivity index (χ0n) is 10.7. The van der Waals surface area contributed by atoms with Crippen LogP contribution in [0.4, 0.5) is 4.39 Å². The van der Waals surface area contributed by atoms with Crippen LogP contribution in [0.2, 0.25) is 5.02 Å². The second-order valence-electron chi connectivity index (χ2n) is 4.37. The molecule has 2 rings (SSSR count). The van der Waals surface area contributed by atoms with Crippen molar-refractivity contribution in [3.63, 3.8) is 0 Å². The number of rotatable bonds is 3. The Morgan fingerprint density at radius 3 is 2.42 bits per heavy atom. The molecule has 0 fully saturated rings. The fourth-order valence-corrected chi connectivity index (χ4v) is 2.95. The molecule has 0 spiro atoms. The van der Waals surface area contributed by atoms with Crippen LogP contribution in [0, 0.1) is 12.7 Å². The largest absolute Gasteiger partial charge is 0.389 e. The minimum absolute atomic E-state index is 0.295. The fourth-order valence-electron chi connectivity index (χ4n) is 1.71. The van der Waals surface area contributed by atoms with E-state index in [2.05, 4.69) is 0 Å². The normalized spacial score (nSPS) is 12.5. The van der Waals surface area contributed by atoms with Crippen molar-refractivity contribution in [2.45, 2.75) is 29.7 Å². The molecule has 0 aliphatic carbocycles. The van der Waals surface area contributed by atoms with E-state index in [0.717, 1.165) is 9.79 Å². The van der Waals surface area contributed by atoms with Gasteiger partial charge in [0.1, 0.15) is 5.82 Å². The molecule has 0 bridgehead atoms. The van der Waals surface area contributed by atoms with Gasteiger partial charge in [0.25, 0.3) is 0 Å². The highest BCUT2D eigenvalue weighted by molar-refractivity contribution is 7.99. The van der Waals surface area contributed by atoms with Crippen molar-refractivity contribution in [3.8, 4) is 0 Å². The molecule has 0 saturated heterocycles. The van der Waals surface area contributed by atoms with Gasteiger partial charge in [-0.15, -0.1) is 0 Å². The van der Waals surface area contributed by atoms with Crippen LogP contribution in [-0.4, -0.2) is 5.11 Å². The maximum atomic E-state index is 13.6. The maximum Gasteiger partial charge on any atom is 0.126 e. The lowest BCUT2D eigenvalue weighted by molar-refractivity contribution is 0.196. The SMILES string of the molecule is Cc1cc(Sc2ccc(Cl)cc2)c(C(C)O)cc1F. The summed E-state index contributed by atoms with van der Waals surface area (Å²) in [7, 11) is 0. The molecule has 4 heteroatoms. The molecule has 100 valence electrons. The Bertz CT molecular complexity index is 581. The van der Waals surface area contributed by atoms with Gasteiger partial charge in [0, 0.05) is 14.8 Å². The third kappa shape index (κ3) is 3.50. The minimum Gasteiger partial charge on any atom is -0.389 e. The van der Waals surface area contributed by atoms with Gasteiger partial charge in [-0.05, 0) is 61.4 Å². The smallest absolute Gasteiger partial charge is 0.126 e. The summed E-state index contributed by atoms with van der Waals surface area (Å²) in [5.74, 6) is -0.295. The predicted molar refractivity (Wildman–Crippen MR) is 77.3 cm³/mol. The van der Waals surface area contributed by atoms with Crippen LogP contribution < -0.4 is 0 Å². The summed E-state index contributed by atoms with van der Waals surface area (Å²) in [4.78, 5) is 1.86. The minimum atomic E-state index is -0.704. The highest BCUT2D eigenvalue weighted by Crippen LogP contribution is 2.35. The molecule has 2 aromatic rings. The maximum absolute atomic E-state index is 13.6. The Labute approximate surface area is 121 Å². The fraction of sp³-hybridized carbons (Fsp3) is 0.200. The summed E-state index contributed by atoms with van der Waals surface area (Å²) in [5.41, 5.74) is 1.17. The van der Waals surface area contributed by atoms with Gasteiger partial charge in [-0.3, -0.25) is 0 Å². The van der Waals surface area contributed by atoms with E-state index in [9.17, 15) is 9.50 Å². The van der Waals surface area contributed by atoms with E-state index in [0.29, 0.717) is 16.1 Å². The molecule has 0 saturated carbocycles. The van der Waals surface area contributed by atoms with Crippen molar-refractivity contribution in [1.29, 1.82) is 0 Å². The lowest BCUT2D eigenvalue weighted by Gasteiger charge is -2.13. The molecule has 2 aromatic carbocycles. The second-order valence-corrected chi connectivity index (χ2v) is 5.92. The summed E-state index contributed by atoms with van der Waals surface area (Å²) in [6.45, 7) is 3.35. The first-order chi connectivity index (χ1) is 8.97. The Morgan fingerprint density at radius 1 is 1.21 bits per heavy atom. The second kappa shape index (κ2) is 5.95. The first kappa shape index (κ1) is 14.4. The molecule has 0 radical (unpaired) electrons. The van der Waals surface area contributed by atoms with E-state index in [4.69, 9.17) is 11.6 Å². The highest BCUT2D eigenvalue weighted by Gasteiger charge is 2.12. The van der Waals surface area contributed by atoms with E-state index in [1.54, 1.807) is 19.9 Å². The zero-order valence-corrected chi connectivity index (χ0v) is 12.2. The third-order valence-electron chi connectivity index (χ3n) is 2.78. The van der Waals surface area contributed by atoms with Gasteiger partial charge < -0.3 is 5.11 Å². The summed E-state index contributed by atoms with van der Waals surface area (Å²) < 4.78 is 13.6. The van der Waals surface area contributed by atoms with Crippen LogP contribution in [0.15, 0.2) is 46.2 Å². The van der Waals surface area contributed by atoms with Crippen LogP contribution in [0.1, 0.15) is 24.2 Å². The van der Waals surface area contributed by atoms with Crippen molar-refractivity contribution >= 4 is 23.4 Å². The molecule has 1 N–H and O–H groups in total. The van der Waals surface area contributed by atoms with E-state index < -0.39 is 6.10 Å². The van der Waals surface area contributed by atoms with Crippen LogP contribution in [-0.2, 0) is 0 Å². The first-order valence-electron chi connectivity index (χ1n) is 5.89. The molecular weight excluding hydrogens is 283 g/mol. The van der Waals surface area contributed by atoms with Crippen LogP contribution in [0.3, 0.4) is 0 Å². The zero-order chi connectivity index (χ0) is 14.0. The number of benzene rings is 2. The van der Waals surface area contributed by atoms with E-state index in [-0.39, 0.29) is 5.82 Å². The van der Waals surface area contributed by atoms with E-state index in [1.807, 2.05) is 24.3 Å². The van der Waals surface area contributed by atoms with Gasteiger partial charge in [0.05, 0.1) is 6.10 Å². The summed E-state index contributed by atoms with van der Waals surface area (Å²) in [6.07, 6.45) is -0.704. The van der Waals surface area contributed by atoms with Gasteiger partial charge >= 0.3 is 0 Å². The van der Waals surface area contributed by atoms with Crippen LogP contribution in [0.5, 0.6) is 0 Å². The van der Waals surface area contributed by atoms with Gasteiger partial charge in [-0.25, -0.2) is 4.39 Å². The van der Waals surface area contributed by atoms with Crippen molar-refractivity contribution in [2.75, 3.05) is 0 Å². The van der Waals surface area contributed by atoms with Gasteiger partial charge in [0.2, 0.25) is 0 Å². The molecule has 0 heterocycles. The van der Waals surface area contributed by atoms with Crippen molar-refractivity contribution in [3.05, 3.63) is 58.4 Å². The molecule has 0 amide bonds. The lowest BCUT2D eigenvalue weighted by Crippen LogP contribution is -1.97. The molecule has 1 atom stereocenters. The Morgan fingerprint density at radius 2 is 1.84 bits per heavy atom. The number of aliphatic hydroxyl groups is 1. The number of aliphatic hydroxyl groups excluding tert-OH is 1. The molecule has 1 unspecified atom stereocenters. The Kier molecular flexibility index (Phi) is 4.50. The first-order valence-corrected chi connectivity index (χ1v) is 7.08. The van der Waals surface area contributed by atoms with E-state index in [1.165, 1.54) is 17.8 Å². The standard InChI is InChI=1S/C15H14ClFOS/c1-9-7-15(13(10(2)18)8-14(9)17)19-12-5-3-11(16)4-6-12/h3-8,10,18H,1-2H3. The predicted octanol–water partition coefficient (Wildman–Crippen LogP) is 4.99. The summed E-state index contributed by atoms with van der Waals surface area (Å²) in [5, 5.41) is 10.4. The molecule has 0 aromatic heterocycles. The highest BCUT2D eigenvalue weighted by atomic mass is 35.5. The lowest BCUT2D eigenvalue weighted by atomic mass is 10.1. The van der Waals surface area contributed by atoms with Crippen LogP contribution in [0.25, 0.3) is 0 Å². The van der Waals surface area contributed by atoms with Gasteiger partial charge in [-0.2, -0.15) is 0 Å². The van der Waals surface area contributed by atoms with E-state index >= 15 is 0 Å². The Hall–Kier alpha value is -1.03. The average molecular weight is 297 g/mol. The molecule has 0 aliphatic heterocycles. The molecule has 0 aliphatic rings. The topological polar surface area (TPSA) is 20.2 Å². The average Bonchev–Trinajstić information content (AvgIpc) is 2.36. The molecule has 19 heavy (non-hydrogen) atoms. The third-order valence-corrected chi connectivity index (χ3v) is 4.12. The molecular formula is C15H14ClFOS. The number of aryl methyl sites for hydroxylation is 1. The summed E-state index contributed by atoms with van der Waals surface area (Å²) in [6, 6.07) is 10.6. The number of hydrogen-bond acceptors (Lipinski definition) is 2. The van der Waals surface area contributed by atoms with Crippen molar-refractivity contribution in [2.24, 2.45) is 0 Å². The van der Waals surface area contributed by atoms with Gasteiger partial charge in [-0.1, -0.05) is 23.4 Å². The monoisotopic (exact) mass is 296 g/mol. The quantitative estimate of drug-likeness (QED) is 0.861.